The normalized spacial score (nSPS) is 15.2. The molecule has 31 heavy (non-hydrogen) atoms. The van der Waals surface area contributed by atoms with Crippen LogP contribution in [0.25, 0.3) is 0 Å². The van der Waals surface area contributed by atoms with Crippen molar-refractivity contribution in [1.82, 2.24) is 9.21 Å². The Labute approximate surface area is 185 Å². The Hall–Kier alpha value is -2.22. The highest BCUT2D eigenvalue weighted by Gasteiger charge is 2.29. The van der Waals surface area contributed by atoms with Crippen LogP contribution < -0.4 is 0 Å². The molecule has 1 amide bonds. The van der Waals surface area contributed by atoms with Crippen LogP contribution in [-0.2, 0) is 21.3 Å². The predicted molar refractivity (Wildman–Crippen MR) is 121 cm³/mol. The quantitative estimate of drug-likeness (QED) is 0.588. The van der Waals surface area contributed by atoms with E-state index in [1.165, 1.54) is 10.7 Å². The average Bonchev–Trinajstić information content (AvgIpc) is 2.82. The number of methoxy groups -OCH3 is 1. The summed E-state index contributed by atoms with van der Waals surface area (Å²) in [5.41, 5.74) is 1.49. The number of carbonyl (C=O) groups excluding carboxylic acids is 1. The lowest BCUT2D eigenvalue weighted by molar-refractivity contribution is 0.0680. The summed E-state index contributed by atoms with van der Waals surface area (Å²) >= 11 is 0. The van der Waals surface area contributed by atoms with Gasteiger partial charge in [0.1, 0.15) is 0 Å². The van der Waals surface area contributed by atoms with Gasteiger partial charge in [0.15, 0.2) is 0 Å². The van der Waals surface area contributed by atoms with Gasteiger partial charge in [0.25, 0.3) is 5.91 Å². The maximum atomic E-state index is 13.1. The third-order valence-electron chi connectivity index (χ3n) is 5.94. The van der Waals surface area contributed by atoms with E-state index in [0.717, 1.165) is 31.2 Å². The van der Waals surface area contributed by atoms with Gasteiger partial charge >= 0.3 is 0 Å². The lowest BCUT2D eigenvalue weighted by Crippen LogP contribution is -2.38. The smallest absolute Gasteiger partial charge is 0.254 e. The molecule has 7 heteroatoms. The number of hydrogen-bond donors (Lipinski definition) is 0. The number of nitrogens with zero attached hydrogens (tertiary/aromatic N) is 2. The number of benzene rings is 2. The first-order valence-corrected chi connectivity index (χ1v) is 12.3. The Bertz CT molecular complexity index is 939. The standard InChI is InChI=1S/C24H32N2O4S/c1-25(22-11-7-4-8-12-22)31(28,29)23-15-13-21(14-16-23)24(27)26(17-18-30-2)19-20-9-5-3-6-10-20/h3,5-6,9-10,13-16,22H,4,7-8,11-12,17-19H2,1-2H3. The van der Waals surface area contributed by atoms with Crippen molar-refractivity contribution < 1.29 is 17.9 Å². The molecule has 2 aromatic rings. The number of amides is 1. The Kier molecular flexibility index (Phi) is 8.23. The average molecular weight is 445 g/mol. The first-order valence-electron chi connectivity index (χ1n) is 10.8. The van der Waals surface area contributed by atoms with Crippen LogP contribution in [0.15, 0.2) is 59.5 Å². The van der Waals surface area contributed by atoms with E-state index in [1.807, 2.05) is 30.3 Å². The van der Waals surface area contributed by atoms with Gasteiger partial charge in [0.05, 0.1) is 11.5 Å². The van der Waals surface area contributed by atoms with Crippen molar-refractivity contribution in [2.75, 3.05) is 27.3 Å². The zero-order chi connectivity index (χ0) is 22.3. The molecular formula is C24H32N2O4S. The van der Waals surface area contributed by atoms with Gasteiger partial charge in [0, 0.05) is 38.9 Å². The van der Waals surface area contributed by atoms with Crippen molar-refractivity contribution >= 4 is 15.9 Å². The summed E-state index contributed by atoms with van der Waals surface area (Å²) in [6.45, 7) is 1.35. The molecule has 0 atom stereocenters. The molecule has 1 aliphatic rings. The molecule has 6 nitrogen and oxygen atoms in total. The van der Waals surface area contributed by atoms with Crippen molar-refractivity contribution in [3.05, 3.63) is 65.7 Å². The fourth-order valence-corrected chi connectivity index (χ4v) is 5.43. The maximum Gasteiger partial charge on any atom is 0.254 e. The molecule has 1 fully saturated rings. The van der Waals surface area contributed by atoms with Crippen LogP contribution in [0.5, 0.6) is 0 Å². The predicted octanol–water partition coefficient (Wildman–Crippen LogP) is 3.93. The molecule has 0 unspecified atom stereocenters. The van der Waals surface area contributed by atoms with Gasteiger partial charge in [-0.05, 0) is 42.7 Å². The van der Waals surface area contributed by atoms with Crippen molar-refractivity contribution in [2.24, 2.45) is 0 Å². The van der Waals surface area contributed by atoms with Crippen LogP contribution in [0, 0.1) is 0 Å². The van der Waals surface area contributed by atoms with Crippen molar-refractivity contribution in [3.63, 3.8) is 0 Å². The lowest BCUT2D eigenvalue weighted by Gasteiger charge is -2.30. The van der Waals surface area contributed by atoms with E-state index in [9.17, 15) is 13.2 Å². The molecule has 0 N–H and O–H groups in total. The summed E-state index contributed by atoms with van der Waals surface area (Å²) in [6.07, 6.45) is 5.11. The summed E-state index contributed by atoms with van der Waals surface area (Å²) in [4.78, 5) is 15.1. The Morgan fingerprint density at radius 3 is 2.26 bits per heavy atom. The summed E-state index contributed by atoms with van der Waals surface area (Å²) < 4.78 is 32.8. The molecule has 0 spiro atoms. The van der Waals surface area contributed by atoms with Crippen LogP contribution in [0.3, 0.4) is 0 Å². The van der Waals surface area contributed by atoms with Gasteiger partial charge in [-0.25, -0.2) is 8.42 Å². The zero-order valence-electron chi connectivity index (χ0n) is 18.4. The molecule has 3 rings (SSSR count). The minimum Gasteiger partial charge on any atom is -0.383 e. The number of rotatable bonds is 9. The highest BCUT2D eigenvalue weighted by Crippen LogP contribution is 2.26. The highest BCUT2D eigenvalue weighted by atomic mass is 32.2. The SMILES string of the molecule is COCCN(Cc1ccccc1)C(=O)c1ccc(S(=O)(=O)N(C)C2CCCCC2)cc1. The second-order valence-corrected chi connectivity index (χ2v) is 10.0. The first kappa shape index (κ1) is 23.4. The molecule has 2 aromatic carbocycles. The summed E-state index contributed by atoms with van der Waals surface area (Å²) in [6, 6.07) is 16.1. The number of ether oxygens (including phenoxy) is 1. The molecule has 1 aliphatic carbocycles. The summed E-state index contributed by atoms with van der Waals surface area (Å²) in [7, 11) is -0.307. The van der Waals surface area contributed by atoms with Gasteiger partial charge < -0.3 is 9.64 Å². The Morgan fingerprint density at radius 1 is 1.00 bits per heavy atom. The zero-order valence-corrected chi connectivity index (χ0v) is 19.2. The van der Waals surface area contributed by atoms with E-state index in [4.69, 9.17) is 4.74 Å². The van der Waals surface area contributed by atoms with Crippen LogP contribution >= 0.6 is 0 Å². The fraction of sp³-hybridized carbons (Fsp3) is 0.458. The van der Waals surface area contributed by atoms with E-state index >= 15 is 0 Å². The van der Waals surface area contributed by atoms with Crippen LogP contribution in [0.4, 0.5) is 0 Å². The maximum absolute atomic E-state index is 13.1. The largest absolute Gasteiger partial charge is 0.383 e. The van der Waals surface area contributed by atoms with Crippen LogP contribution in [-0.4, -0.2) is 56.9 Å². The first-order chi connectivity index (χ1) is 14.9. The number of hydrogen-bond acceptors (Lipinski definition) is 4. The van der Waals surface area contributed by atoms with Crippen molar-refractivity contribution in [3.8, 4) is 0 Å². The van der Waals surface area contributed by atoms with Gasteiger partial charge in [0.2, 0.25) is 10.0 Å². The molecule has 0 heterocycles. The molecule has 0 aromatic heterocycles. The molecule has 168 valence electrons. The van der Waals surface area contributed by atoms with E-state index in [-0.39, 0.29) is 16.8 Å². The highest BCUT2D eigenvalue weighted by molar-refractivity contribution is 7.89. The number of sulfonamides is 1. The third-order valence-corrected chi connectivity index (χ3v) is 7.86. The van der Waals surface area contributed by atoms with E-state index in [1.54, 1.807) is 43.3 Å². The van der Waals surface area contributed by atoms with E-state index < -0.39 is 10.0 Å². The van der Waals surface area contributed by atoms with Crippen molar-refractivity contribution in [2.45, 2.75) is 49.6 Å². The molecule has 0 saturated heterocycles. The summed E-state index contributed by atoms with van der Waals surface area (Å²) in [5.74, 6) is -0.148. The fourth-order valence-electron chi connectivity index (χ4n) is 4.02. The van der Waals surface area contributed by atoms with Gasteiger partial charge in [-0.3, -0.25) is 4.79 Å². The monoisotopic (exact) mass is 444 g/mol. The van der Waals surface area contributed by atoms with E-state index in [2.05, 4.69) is 0 Å². The molecule has 1 saturated carbocycles. The lowest BCUT2D eigenvalue weighted by atomic mass is 9.96. The Balaban J connectivity index is 1.75. The minimum atomic E-state index is -3.58. The van der Waals surface area contributed by atoms with Gasteiger partial charge in [-0.15, -0.1) is 0 Å². The second kappa shape index (κ2) is 10.9. The van der Waals surface area contributed by atoms with Crippen molar-refractivity contribution in [1.29, 1.82) is 0 Å². The van der Waals surface area contributed by atoms with Gasteiger partial charge in [-0.1, -0.05) is 49.6 Å². The number of carbonyl (C=O) groups is 1. The molecule has 0 aliphatic heterocycles. The van der Waals surface area contributed by atoms with E-state index in [0.29, 0.717) is 25.3 Å². The van der Waals surface area contributed by atoms with Crippen LogP contribution in [0.1, 0.15) is 48.0 Å². The molecule has 0 radical (unpaired) electrons. The second-order valence-electron chi connectivity index (χ2n) is 8.04. The Morgan fingerprint density at radius 2 is 1.65 bits per heavy atom. The van der Waals surface area contributed by atoms with Crippen LogP contribution in [0.2, 0.25) is 0 Å². The molecular weight excluding hydrogens is 412 g/mol. The third kappa shape index (κ3) is 5.93. The minimum absolute atomic E-state index is 0.0514. The summed E-state index contributed by atoms with van der Waals surface area (Å²) in [5, 5.41) is 0. The van der Waals surface area contributed by atoms with Gasteiger partial charge in [-0.2, -0.15) is 4.31 Å². The topological polar surface area (TPSA) is 66.9 Å². The molecule has 0 bridgehead atoms.